The zero-order valence-corrected chi connectivity index (χ0v) is 20.7. The van der Waals surface area contributed by atoms with Gasteiger partial charge in [0.2, 0.25) is 0 Å². The average molecular weight is 544 g/mol. The van der Waals surface area contributed by atoms with Crippen LogP contribution in [0.2, 0.25) is 0 Å². The summed E-state index contributed by atoms with van der Waals surface area (Å²) < 4.78 is 92.0. The van der Waals surface area contributed by atoms with E-state index in [9.17, 15) is 26.3 Å². The summed E-state index contributed by atoms with van der Waals surface area (Å²) in [7, 11) is 0. The molecule has 2 aliphatic heterocycles. The SMILES string of the molecule is FC(F)(F)C1(C(F)(F)F)SN(C23CC4CC(CC(C4)C2)C3)C2(S1)c1ccccc1Oc1ccccc12. The number of ether oxygens (including phenoxy) is 1. The number of thioether (sulfide) groups is 1. The summed E-state index contributed by atoms with van der Waals surface area (Å²) >= 11 is -0.0197. The molecular formula is C26H23F6NOS2. The summed E-state index contributed by atoms with van der Waals surface area (Å²) in [5, 5.41) is 0. The van der Waals surface area contributed by atoms with E-state index in [0.29, 0.717) is 59.6 Å². The van der Waals surface area contributed by atoms with Crippen LogP contribution in [-0.4, -0.2) is 26.3 Å². The maximum absolute atomic E-state index is 14.7. The number of hydrogen-bond donors (Lipinski definition) is 0. The van der Waals surface area contributed by atoms with Gasteiger partial charge in [-0.2, -0.15) is 26.3 Å². The molecule has 6 aliphatic rings. The smallest absolute Gasteiger partial charge is 0.422 e. The fourth-order valence-electron chi connectivity index (χ4n) is 7.85. The van der Waals surface area contributed by atoms with Crippen LogP contribution in [0.1, 0.15) is 49.7 Å². The van der Waals surface area contributed by atoms with E-state index in [1.54, 1.807) is 52.8 Å². The Morgan fingerprint density at radius 2 is 1.17 bits per heavy atom. The van der Waals surface area contributed by atoms with Crippen LogP contribution in [0.25, 0.3) is 0 Å². The Hall–Kier alpha value is -1.52. The predicted molar refractivity (Wildman–Crippen MR) is 127 cm³/mol. The van der Waals surface area contributed by atoms with Crippen molar-refractivity contribution in [1.82, 2.24) is 4.31 Å². The van der Waals surface area contributed by atoms with Crippen molar-refractivity contribution in [3.05, 3.63) is 59.7 Å². The third-order valence-electron chi connectivity index (χ3n) is 8.70. The second-order valence-corrected chi connectivity index (χ2v) is 13.8. The van der Waals surface area contributed by atoms with Crippen LogP contribution < -0.4 is 4.74 Å². The molecule has 1 saturated heterocycles. The molecular weight excluding hydrogens is 520 g/mol. The number of hydrogen-bond acceptors (Lipinski definition) is 4. The van der Waals surface area contributed by atoms with Gasteiger partial charge in [-0.1, -0.05) is 48.2 Å². The molecule has 4 saturated carbocycles. The van der Waals surface area contributed by atoms with Gasteiger partial charge >= 0.3 is 12.4 Å². The fraction of sp³-hybridized carbons (Fsp3) is 0.538. The van der Waals surface area contributed by atoms with E-state index in [0.717, 1.165) is 19.3 Å². The highest BCUT2D eigenvalue weighted by Crippen LogP contribution is 2.78. The summed E-state index contributed by atoms with van der Waals surface area (Å²) in [6, 6.07) is 13.3. The monoisotopic (exact) mass is 543 g/mol. The number of rotatable bonds is 1. The van der Waals surface area contributed by atoms with Crippen molar-refractivity contribution in [3.63, 3.8) is 0 Å². The van der Waals surface area contributed by atoms with Crippen molar-refractivity contribution in [1.29, 1.82) is 0 Å². The van der Waals surface area contributed by atoms with Crippen molar-refractivity contribution in [2.45, 2.75) is 65.4 Å². The van der Waals surface area contributed by atoms with Gasteiger partial charge in [0, 0.05) is 16.7 Å². The fourth-order valence-corrected chi connectivity index (χ4v) is 11.5. The third-order valence-corrected chi connectivity index (χ3v) is 12.5. The van der Waals surface area contributed by atoms with E-state index >= 15 is 0 Å². The maximum atomic E-state index is 14.7. The zero-order chi connectivity index (χ0) is 25.1. The Morgan fingerprint density at radius 1 is 0.722 bits per heavy atom. The lowest BCUT2D eigenvalue weighted by Gasteiger charge is -2.62. The van der Waals surface area contributed by atoms with Gasteiger partial charge in [-0.25, -0.2) is 4.31 Å². The third kappa shape index (κ3) is 2.95. The van der Waals surface area contributed by atoms with Crippen molar-refractivity contribution < 1.29 is 31.1 Å². The first-order valence-corrected chi connectivity index (χ1v) is 13.8. The summed E-state index contributed by atoms with van der Waals surface area (Å²) in [6.45, 7) is 0. The average Bonchev–Trinajstić information content (AvgIpc) is 3.18. The molecule has 4 bridgehead atoms. The first kappa shape index (κ1) is 23.6. The van der Waals surface area contributed by atoms with Gasteiger partial charge in [0.25, 0.3) is 4.08 Å². The highest BCUT2D eigenvalue weighted by Gasteiger charge is 2.82. The number of halogens is 6. The molecule has 2 heterocycles. The van der Waals surface area contributed by atoms with Crippen LogP contribution in [0.15, 0.2) is 48.5 Å². The van der Waals surface area contributed by atoms with E-state index in [4.69, 9.17) is 4.74 Å². The normalized spacial score (nSPS) is 33.9. The molecule has 0 radical (unpaired) electrons. The molecule has 192 valence electrons. The minimum absolute atomic E-state index is 0.00341. The Kier molecular flexibility index (Phi) is 4.79. The second-order valence-electron chi connectivity index (χ2n) is 11.0. The lowest BCUT2D eigenvalue weighted by molar-refractivity contribution is -0.236. The van der Waals surface area contributed by atoms with Gasteiger partial charge in [0.05, 0.1) is 0 Å². The number of fused-ring (bicyclic) bond motifs is 4. The molecule has 5 fully saturated rings. The van der Waals surface area contributed by atoms with Gasteiger partial charge in [0.15, 0.2) is 0 Å². The largest absolute Gasteiger partial charge is 0.457 e. The van der Waals surface area contributed by atoms with Gasteiger partial charge in [0.1, 0.15) is 16.4 Å². The molecule has 8 rings (SSSR count). The summed E-state index contributed by atoms with van der Waals surface area (Å²) in [5.41, 5.74) is -0.0398. The van der Waals surface area contributed by atoms with Crippen LogP contribution in [0.4, 0.5) is 26.3 Å². The van der Waals surface area contributed by atoms with Gasteiger partial charge in [-0.05, 0) is 80.4 Å². The molecule has 2 aromatic carbocycles. The molecule has 0 atom stereocenters. The Balaban J connectivity index is 1.53. The topological polar surface area (TPSA) is 12.5 Å². The van der Waals surface area contributed by atoms with E-state index in [1.807, 2.05) is 0 Å². The molecule has 0 amide bonds. The molecule has 0 aromatic heterocycles. The first-order chi connectivity index (χ1) is 17.0. The van der Waals surface area contributed by atoms with Crippen molar-refractivity contribution in [3.8, 4) is 11.5 Å². The zero-order valence-electron chi connectivity index (χ0n) is 19.0. The standard InChI is InChI=1S/C26H23F6NOS2/c27-25(28,29)24(26(30,31)32)35-23(18-5-1-3-7-20(18)34-21-8-4-2-6-19(21)23)33(36-24)22-12-15-9-16(13-22)11-17(10-15)14-22/h1-8,15-17H,9-14H2. The number of para-hydroxylation sites is 2. The Morgan fingerprint density at radius 3 is 1.61 bits per heavy atom. The summed E-state index contributed by atoms with van der Waals surface area (Å²) in [5.74, 6) is 1.64. The molecule has 2 nitrogen and oxygen atoms in total. The highest BCUT2D eigenvalue weighted by molar-refractivity contribution is 8.20. The van der Waals surface area contributed by atoms with Crippen molar-refractivity contribution in [2.75, 3.05) is 0 Å². The maximum Gasteiger partial charge on any atom is 0.422 e. The van der Waals surface area contributed by atoms with E-state index < -0.39 is 26.8 Å². The van der Waals surface area contributed by atoms with Crippen molar-refractivity contribution in [2.24, 2.45) is 17.8 Å². The molecule has 1 spiro atoms. The van der Waals surface area contributed by atoms with Crippen LogP contribution in [0.3, 0.4) is 0 Å². The Bertz CT molecular complexity index is 1130. The number of benzene rings is 2. The van der Waals surface area contributed by atoms with Crippen LogP contribution in [0.5, 0.6) is 11.5 Å². The summed E-state index contributed by atoms with van der Waals surface area (Å²) in [6.07, 6.45) is -6.07. The van der Waals surface area contributed by atoms with E-state index in [-0.39, 0.29) is 23.7 Å². The Labute approximate surface area is 213 Å². The number of nitrogens with zero attached hydrogens (tertiary/aromatic N) is 1. The molecule has 10 heteroatoms. The molecule has 4 aliphatic carbocycles. The predicted octanol–water partition coefficient (Wildman–Crippen LogP) is 8.48. The minimum Gasteiger partial charge on any atom is -0.457 e. The minimum atomic E-state index is -5.52. The lowest BCUT2D eigenvalue weighted by atomic mass is 9.52. The van der Waals surface area contributed by atoms with Gasteiger partial charge in [-0.3, -0.25) is 0 Å². The quantitative estimate of drug-likeness (QED) is 0.264. The van der Waals surface area contributed by atoms with E-state index in [2.05, 4.69) is 0 Å². The molecule has 0 unspecified atom stereocenters. The first-order valence-electron chi connectivity index (χ1n) is 12.2. The number of alkyl halides is 6. The lowest BCUT2D eigenvalue weighted by Crippen LogP contribution is -2.61. The van der Waals surface area contributed by atoms with Gasteiger partial charge < -0.3 is 4.74 Å². The molecule has 0 N–H and O–H groups in total. The van der Waals surface area contributed by atoms with Crippen LogP contribution >= 0.6 is 23.7 Å². The molecule has 2 aromatic rings. The van der Waals surface area contributed by atoms with Crippen LogP contribution in [0, 0.1) is 17.8 Å². The van der Waals surface area contributed by atoms with Crippen molar-refractivity contribution >= 4 is 23.7 Å². The second kappa shape index (κ2) is 7.32. The van der Waals surface area contributed by atoms with Gasteiger partial charge in [-0.15, -0.1) is 0 Å². The van der Waals surface area contributed by atoms with Crippen LogP contribution in [-0.2, 0) is 4.87 Å². The highest BCUT2D eigenvalue weighted by atomic mass is 32.2. The molecule has 36 heavy (non-hydrogen) atoms. The van der Waals surface area contributed by atoms with E-state index in [1.165, 1.54) is 0 Å². The summed E-state index contributed by atoms with van der Waals surface area (Å²) in [4.78, 5) is -1.70.